The first-order chi connectivity index (χ1) is 14.2. The molecule has 3 heterocycles. The van der Waals surface area contributed by atoms with Crippen LogP contribution in [0.4, 0.5) is 10.2 Å². The van der Waals surface area contributed by atoms with E-state index in [1.165, 1.54) is 18.2 Å². The maximum absolute atomic E-state index is 13.3. The van der Waals surface area contributed by atoms with Crippen LogP contribution < -0.4 is 14.8 Å². The van der Waals surface area contributed by atoms with Crippen LogP contribution in [0.15, 0.2) is 48.5 Å². The van der Waals surface area contributed by atoms with Crippen molar-refractivity contribution in [3.05, 3.63) is 71.2 Å². The van der Waals surface area contributed by atoms with Crippen LogP contribution in [-0.2, 0) is 16.3 Å². The molecule has 0 spiro atoms. The van der Waals surface area contributed by atoms with E-state index in [0.29, 0.717) is 23.0 Å². The number of thioether (sulfide) groups is 1. The molecule has 1 amide bonds. The van der Waals surface area contributed by atoms with Crippen LogP contribution in [0.2, 0.25) is 0 Å². The zero-order chi connectivity index (χ0) is 19.8. The fourth-order valence-electron chi connectivity index (χ4n) is 3.26. The summed E-state index contributed by atoms with van der Waals surface area (Å²) in [5, 5.41) is 7.54. The van der Waals surface area contributed by atoms with E-state index in [1.54, 1.807) is 34.7 Å². The van der Waals surface area contributed by atoms with Gasteiger partial charge in [-0.05, 0) is 48.0 Å². The Balaban J connectivity index is 1.39. The van der Waals surface area contributed by atoms with Gasteiger partial charge in [0.2, 0.25) is 12.7 Å². The molecule has 146 valence electrons. The average Bonchev–Trinajstić information content (AvgIpc) is 3.44. The molecule has 0 bridgehead atoms. The second-order valence-corrected chi connectivity index (χ2v) is 7.58. The van der Waals surface area contributed by atoms with Crippen LogP contribution in [0.25, 0.3) is 11.8 Å². The largest absolute Gasteiger partial charge is 0.454 e. The first kappa shape index (κ1) is 17.8. The number of anilines is 1. The lowest BCUT2D eigenvalue weighted by Crippen LogP contribution is -2.13. The molecule has 2 aliphatic rings. The van der Waals surface area contributed by atoms with Gasteiger partial charge in [0.1, 0.15) is 11.6 Å². The lowest BCUT2D eigenvalue weighted by molar-refractivity contribution is -0.111. The normalized spacial score (nSPS) is 14.4. The highest BCUT2D eigenvalue weighted by Gasteiger charge is 2.24. The molecule has 3 aromatic rings. The lowest BCUT2D eigenvalue weighted by Gasteiger charge is -2.10. The third kappa shape index (κ3) is 3.47. The lowest BCUT2D eigenvalue weighted by atomic mass is 10.2. The zero-order valence-electron chi connectivity index (χ0n) is 15.2. The van der Waals surface area contributed by atoms with Crippen LogP contribution in [-0.4, -0.2) is 22.5 Å². The van der Waals surface area contributed by atoms with Gasteiger partial charge in [-0.25, -0.2) is 9.07 Å². The van der Waals surface area contributed by atoms with Crippen LogP contribution in [0.5, 0.6) is 11.5 Å². The number of hydrogen-bond donors (Lipinski definition) is 1. The first-order valence-corrected chi connectivity index (χ1v) is 10.2. The summed E-state index contributed by atoms with van der Waals surface area (Å²) >= 11 is 1.75. The summed E-state index contributed by atoms with van der Waals surface area (Å²) in [7, 11) is 0. The Bertz CT molecular complexity index is 1120. The van der Waals surface area contributed by atoms with Crippen LogP contribution in [0.1, 0.15) is 16.8 Å². The van der Waals surface area contributed by atoms with Gasteiger partial charge in [0, 0.05) is 23.1 Å². The van der Waals surface area contributed by atoms with Gasteiger partial charge in [-0.15, -0.1) is 0 Å². The van der Waals surface area contributed by atoms with Crippen LogP contribution in [0, 0.1) is 5.82 Å². The molecular formula is C21H16FN3O3S. The van der Waals surface area contributed by atoms with Gasteiger partial charge in [-0.3, -0.25) is 4.79 Å². The van der Waals surface area contributed by atoms with E-state index >= 15 is 0 Å². The van der Waals surface area contributed by atoms with Gasteiger partial charge in [0.25, 0.3) is 0 Å². The molecule has 1 aromatic heterocycles. The highest BCUT2D eigenvalue weighted by Crippen LogP contribution is 2.36. The topological polar surface area (TPSA) is 65.4 Å². The molecule has 0 saturated carbocycles. The predicted molar refractivity (Wildman–Crippen MR) is 109 cm³/mol. The van der Waals surface area contributed by atoms with Gasteiger partial charge in [0.05, 0.1) is 11.4 Å². The molecular weight excluding hydrogens is 393 g/mol. The number of amides is 1. The summed E-state index contributed by atoms with van der Waals surface area (Å²) < 4.78 is 25.6. The molecule has 0 radical (unpaired) electrons. The van der Waals surface area contributed by atoms with Gasteiger partial charge in [0.15, 0.2) is 11.5 Å². The Hall–Kier alpha value is -3.26. The Morgan fingerprint density at radius 3 is 2.83 bits per heavy atom. The minimum atomic E-state index is -0.318. The molecule has 0 fully saturated rings. The average molecular weight is 409 g/mol. The second-order valence-electron chi connectivity index (χ2n) is 6.59. The van der Waals surface area contributed by atoms with Crippen molar-refractivity contribution in [2.24, 2.45) is 0 Å². The molecule has 6 nitrogen and oxygen atoms in total. The monoisotopic (exact) mass is 409 g/mol. The Morgan fingerprint density at radius 2 is 1.97 bits per heavy atom. The number of halogens is 1. The van der Waals surface area contributed by atoms with Crippen molar-refractivity contribution in [2.45, 2.75) is 11.5 Å². The van der Waals surface area contributed by atoms with Gasteiger partial charge < -0.3 is 14.8 Å². The van der Waals surface area contributed by atoms with Gasteiger partial charge in [-0.2, -0.15) is 16.9 Å². The molecule has 8 heteroatoms. The molecule has 5 rings (SSSR count). The van der Waals surface area contributed by atoms with Crippen molar-refractivity contribution in [3.8, 4) is 17.2 Å². The number of nitrogens with one attached hydrogen (secondary N) is 1. The van der Waals surface area contributed by atoms with Crippen molar-refractivity contribution >= 4 is 29.6 Å². The number of benzene rings is 2. The summed E-state index contributed by atoms with van der Waals surface area (Å²) in [6.07, 6.45) is 3.18. The van der Waals surface area contributed by atoms with E-state index in [1.807, 2.05) is 18.2 Å². The number of fused-ring (bicyclic) bond motifs is 2. The van der Waals surface area contributed by atoms with Crippen LogP contribution in [0.3, 0.4) is 0 Å². The number of carbonyl (C=O) groups is 1. The van der Waals surface area contributed by atoms with E-state index in [9.17, 15) is 9.18 Å². The number of carbonyl (C=O) groups excluding carboxylic acids is 1. The van der Waals surface area contributed by atoms with Crippen molar-refractivity contribution in [1.29, 1.82) is 0 Å². The number of ether oxygens (including phenoxy) is 2. The molecule has 0 atom stereocenters. The van der Waals surface area contributed by atoms with Gasteiger partial charge in [-0.1, -0.05) is 6.07 Å². The molecule has 29 heavy (non-hydrogen) atoms. The van der Waals surface area contributed by atoms with E-state index in [-0.39, 0.29) is 18.5 Å². The van der Waals surface area contributed by atoms with Gasteiger partial charge >= 0.3 is 0 Å². The number of nitrogens with zero attached hydrogens (tertiary/aromatic N) is 2. The maximum Gasteiger partial charge on any atom is 0.249 e. The summed E-state index contributed by atoms with van der Waals surface area (Å²) in [6.45, 7) is 0.208. The highest BCUT2D eigenvalue weighted by atomic mass is 32.2. The maximum atomic E-state index is 13.3. The van der Waals surface area contributed by atoms with Crippen LogP contribution >= 0.6 is 11.8 Å². The van der Waals surface area contributed by atoms with E-state index in [4.69, 9.17) is 9.47 Å². The molecule has 0 saturated heterocycles. The fourth-order valence-corrected chi connectivity index (χ4v) is 4.29. The SMILES string of the molecule is O=C(/C=C/c1ccc2c(c1)OCO2)Nc1c2c(nn1-c1ccc(F)cc1)CSC2. The molecule has 0 unspecified atom stereocenters. The Labute approximate surface area is 170 Å². The van der Waals surface area contributed by atoms with Crippen molar-refractivity contribution in [2.75, 3.05) is 12.1 Å². The number of aromatic nitrogens is 2. The first-order valence-electron chi connectivity index (χ1n) is 9.00. The predicted octanol–water partition coefficient (Wildman–Crippen LogP) is 4.14. The Morgan fingerprint density at radius 1 is 1.14 bits per heavy atom. The van der Waals surface area contributed by atoms with E-state index in [0.717, 1.165) is 28.3 Å². The number of rotatable bonds is 4. The summed E-state index contributed by atoms with van der Waals surface area (Å²) in [5.41, 5.74) is 3.47. The highest BCUT2D eigenvalue weighted by molar-refractivity contribution is 7.98. The summed E-state index contributed by atoms with van der Waals surface area (Å²) in [6, 6.07) is 11.5. The molecule has 1 N–H and O–H groups in total. The Kier molecular flexibility index (Phi) is 4.48. The van der Waals surface area contributed by atoms with E-state index < -0.39 is 0 Å². The number of hydrogen-bond acceptors (Lipinski definition) is 5. The molecule has 2 aromatic carbocycles. The van der Waals surface area contributed by atoms with E-state index in [2.05, 4.69) is 10.4 Å². The van der Waals surface area contributed by atoms with Crippen molar-refractivity contribution < 1.29 is 18.7 Å². The third-order valence-corrected chi connectivity index (χ3v) is 5.66. The molecule has 0 aliphatic carbocycles. The van der Waals surface area contributed by atoms with Crippen molar-refractivity contribution in [1.82, 2.24) is 9.78 Å². The quantitative estimate of drug-likeness (QED) is 0.656. The smallest absolute Gasteiger partial charge is 0.249 e. The second kappa shape index (κ2) is 7.29. The van der Waals surface area contributed by atoms with Crippen molar-refractivity contribution in [3.63, 3.8) is 0 Å². The summed E-state index contributed by atoms with van der Waals surface area (Å²) in [5.74, 6) is 2.96. The minimum Gasteiger partial charge on any atom is -0.454 e. The summed E-state index contributed by atoms with van der Waals surface area (Å²) in [4.78, 5) is 12.6. The standard InChI is InChI=1S/C21H16FN3O3S/c22-14-3-5-15(6-4-14)25-21(16-10-29-11-17(16)24-25)23-20(26)8-2-13-1-7-18-19(9-13)28-12-27-18/h1-9H,10-12H2,(H,23,26)/b8-2+. The fraction of sp³-hybridized carbons (Fsp3) is 0.143. The third-order valence-electron chi connectivity index (χ3n) is 4.69. The minimum absolute atomic E-state index is 0.208. The zero-order valence-corrected chi connectivity index (χ0v) is 16.0. The molecule has 2 aliphatic heterocycles.